The fraction of sp³-hybridized carbons (Fsp3) is 0.105. The fourth-order valence-electron chi connectivity index (χ4n) is 2.49. The van der Waals surface area contributed by atoms with Crippen LogP contribution in [0, 0.1) is 0 Å². The van der Waals surface area contributed by atoms with Crippen LogP contribution in [-0.4, -0.2) is 29.8 Å². The van der Waals surface area contributed by atoms with E-state index in [1.54, 1.807) is 30.3 Å². The summed E-state index contributed by atoms with van der Waals surface area (Å²) >= 11 is 0. The molecule has 10 heteroatoms. The minimum atomic E-state index is -3.04. The number of anilines is 1. The topological polar surface area (TPSA) is 106 Å². The van der Waals surface area contributed by atoms with Crippen molar-refractivity contribution in [2.45, 2.75) is 6.61 Å². The second kappa shape index (κ2) is 8.83. The van der Waals surface area contributed by atoms with E-state index >= 15 is 0 Å². The van der Waals surface area contributed by atoms with E-state index in [1.165, 1.54) is 25.3 Å². The summed E-state index contributed by atoms with van der Waals surface area (Å²) in [6.45, 7) is -3.04. The zero-order valence-corrected chi connectivity index (χ0v) is 15.0. The number of aromatic amines is 1. The number of methoxy groups -OCH3 is 1. The third-order valence-corrected chi connectivity index (χ3v) is 3.69. The van der Waals surface area contributed by atoms with Gasteiger partial charge in [0.15, 0.2) is 17.3 Å². The molecule has 0 aliphatic carbocycles. The van der Waals surface area contributed by atoms with Crippen molar-refractivity contribution in [3.05, 3.63) is 64.7 Å². The Balaban J connectivity index is 1.76. The monoisotopic (exact) mass is 403 g/mol. The van der Waals surface area contributed by atoms with Gasteiger partial charge in [-0.05, 0) is 24.3 Å². The average Bonchev–Trinajstić information content (AvgIpc) is 3.13. The predicted molar refractivity (Wildman–Crippen MR) is 99.8 cm³/mol. The van der Waals surface area contributed by atoms with E-state index in [0.717, 1.165) is 6.08 Å². The molecule has 2 aromatic carbocycles. The fourth-order valence-corrected chi connectivity index (χ4v) is 2.49. The Morgan fingerprint density at radius 3 is 2.76 bits per heavy atom. The number of H-pyrrole nitrogens is 1. The van der Waals surface area contributed by atoms with Crippen LogP contribution in [0.4, 0.5) is 14.5 Å². The van der Waals surface area contributed by atoms with E-state index < -0.39 is 18.3 Å². The van der Waals surface area contributed by atoms with Crippen molar-refractivity contribution in [2.24, 2.45) is 0 Å². The number of alkyl halides is 2. The van der Waals surface area contributed by atoms with Gasteiger partial charge < -0.3 is 14.8 Å². The van der Waals surface area contributed by atoms with E-state index in [9.17, 15) is 18.4 Å². The molecule has 150 valence electrons. The van der Waals surface area contributed by atoms with Gasteiger partial charge in [0, 0.05) is 22.9 Å². The summed E-state index contributed by atoms with van der Waals surface area (Å²) in [4.78, 5) is 25.7. The third kappa shape index (κ3) is 5.06. The first-order chi connectivity index (χ1) is 14.0. The van der Waals surface area contributed by atoms with Gasteiger partial charge in [0.05, 0.1) is 7.11 Å². The number of para-hydroxylation sites is 1. The van der Waals surface area contributed by atoms with Crippen LogP contribution in [0.1, 0.15) is 5.56 Å². The van der Waals surface area contributed by atoms with Gasteiger partial charge in [0.2, 0.25) is 5.91 Å². The highest BCUT2D eigenvalue weighted by molar-refractivity contribution is 6.02. The largest absolute Gasteiger partial charge is 0.493 e. The van der Waals surface area contributed by atoms with Gasteiger partial charge >= 0.3 is 12.4 Å². The first-order valence-corrected chi connectivity index (χ1v) is 8.23. The minimum Gasteiger partial charge on any atom is -0.493 e. The summed E-state index contributed by atoms with van der Waals surface area (Å²) < 4.78 is 39.3. The maximum atomic E-state index is 12.7. The van der Waals surface area contributed by atoms with Gasteiger partial charge in [-0.25, -0.2) is 4.79 Å². The number of carbonyl (C=O) groups excluding carboxylic acids is 1. The molecule has 2 N–H and O–H groups in total. The third-order valence-electron chi connectivity index (χ3n) is 3.69. The summed E-state index contributed by atoms with van der Waals surface area (Å²) in [7, 11) is 1.32. The van der Waals surface area contributed by atoms with E-state index in [0.29, 0.717) is 11.3 Å². The number of aromatic nitrogens is 2. The Morgan fingerprint density at radius 2 is 2.07 bits per heavy atom. The van der Waals surface area contributed by atoms with Crippen LogP contribution < -0.4 is 20.5 Å². The number of hydrogen-bond acceptors (Lipinski definition) is 6. The molecule has 0 bridgehead atoms. The second-order valence-electron chi connectivity index (χ2n) is 5.60. The number of ether oxygens (including phenoxy) is 2. The summed E-state index contributed by atoms with van der Waals surface area (Å²) in [6.07, 6.45) is 2.49. The molecule has 0 saturated heterocycles. The molecular weight excluding hydrogens is 388 g/mol. The number of amides is 1. The molecule has 0 unspecified atom stereocenters. The van der Waals surface area contributed by atoms with Crippen LogP contribution in [0.2, 0.25) is 0 Å². The van der Waals surface area contributed by atoms with E-state index in [2.05, 4.69) is 24.7 Å². The highest BCUT2D eigenvalue weighted by Crippen LogP contribution is 2.33. The lowest BCUT2D eigenvalue weighted by molar-refractivity contribution is -0.111. The molecular formula is C19H15F2N3O5. The maximum absolute atomic E-state index is 12.7. The Morgan fingerprint density at radius 1 is 1.28 bits per heavy atom. The number of nitrogens with one attached hydrogen (secondary N) is 2. The van der Waals surface area contributed by atoms with Gasteiger partial charge in [-0.1, -0.05) is 29.4 Å². The molecule has 3 aromatic rings. The average molecular weight is 403 g/mol. The van der Waals surface area contributed by atoms with Crippen LogP contribution in [0.15, 0.2) is 57.9 Å². The zero-order chi connectivity index (χ0) is 20.8. The molecule has 8 nitrogen and oxygen atoms in total. The summed E-state index contributed by atoms with van der Waals surface area (Å²) in [5.74, 6) is -1.06. The van der Waals surface area contributed by atoms with Crippen molar-refractivity contribution in [1.29, 1.82) is 0 Å². The van der Waals surface area contributed by atoms with Crippen LogP contribution in [0.3, 0.4) is 0 Å². The molecule has 1 amide bonds. The molecule has 29 heavy (non-hydrogen) atoms. The summed E-state index contributed by atoms with van der Waals surface area (Å²) in [6, 6.07) is 11.1. The Hall–Kier alpha value is -3.95. The van der Waals surface area contributed by atoms with Crippen molar-refractivity contribution >= 4 is 17.7 Å². The number of benzene rings is 2. The molecule has 0 aliphatic heterocycles. The first-order valence-electron chi connectivity index (χ1n) is 8.23. The number of halogens is 2. The van der Waals surface area contributed by atoms with Crippen molar-refractivity contribution in [3.8, 4) is 22.9 Å². The van der Waals surface area contributed by atoms with Crippen LogP contribution in [0.25, 0.3) is 17.5 Å². The van der Waals surface area contributed by atoms with Crippen LogP contribution in [0.5, 0.6) is 11.5 Å². The van der Waals surface area contributed by atoms with Gasteiger partial charge in [0.1, 0.15) is 0 Å². The number of nitrogens with zero attached hydrogens (tertiary/aromatic N) is 1. The predicted octanol–water partition coefficient (Wildman–Crippen LogP) is 3.29. The van der Waals surface area contributed by atoms with Gasteiger partial charge in [-0.2, -0.15) is 8.78 Å². The minimum absolute atomic E-state index is 0.113. The van der Waals surface area contributed by atoms with E-state index in [-0.39, 0.29) is 22.9 Å². The zero-order valence-electron chi connectivity index (χ0n) is 15.0. The highest BCUT2D eigenvalue weighted by atomic mass is 19.3. The summed E-state index contributed by atoms with van der Waals surface area (Å²) in [5, 5.41) is 6.20. The van der Waals surface area contributed by atoms with Crippen molar-refractivity contribution in [2.75, 3.05) is 12.4 Å². The molecule has 0 spiro atoms. The van der Waals surface area contributed by atoms with Crippen LogP contribution >= 0.6 is 0 Å². The number of carbonyl (C=O) groups is 1. The van der Waals surface area contributed by atoms with Gasteiger partial charge in [-0.3, -0.25) is 14.3 Å². The SMILES string of the molecule is COc1cccc(/C=C/C(=O)Nc2cccc(-c3noc(=O)[nH]3)c2)c1OC(F)F. The Labute approximate surface area is 162 Å². The molecule has 1 aromatic heterocycles. The van der Waals surface area contributed by atoms with E-state index in [1.807, 2.05) is 0 Å². The molecule has 0 radical (unpaired) electrons. The smallest absolute Gasteiger partial charge is 0.439 e. The number of hydrogen-bond donors (Lipinski definition) is 2. The first kappa shape index (κ1) is 19.8. The van der Waals surface area contributed by atoms with Crippen molar-refractivity contribution in [3.63, 3.8) is 0 Å². The lowest BCUT2D eigenvalue weighted by atomic mass is 10.1. The molecule has 0 saturated carbocycles. The van der Waals surface area contributed by atoms with E-state index in [4.69, 9.17) is 4.74 Å². The van der Waals surface area contributed by atoms with Crippen molar-refractivity contribution in [1.82, 2.24) is 10.1 Å². The van der Waals surface area contributed by atoms with Crippen LogP contribution in [-0.2, 0) is 4.79 Å². The number of rotatable bonds is 7. The van der Waals surface area contributed by atoms with Crippen molar-refractivity contribution < 1.29 is 27.6 Å². The normalized spacial score (nSPS) is 11.0. The second-order valence-corrected chi connectivity index (χ2v) is 5.60. The molecule has 0 aliphatic rings. The Kier molecular flexibility index (Phi) is 6.03. The van der Waals surface area contributed by atoms with Gasteiger partial charge in [0.25, 0.3) is 0 Å². The molecule has 0 fully saturated rings. The highest BCUT2D eigenvalue weighted by Gasteiger charge is 2.14. The maximum Gasteiger partial charge on any atom is 0.439 e. The lowest BCUT2D eigenvalue weighted by Gasteiger charge is -2.12. The lowest BCUT2D eigenvalue weighted by Crippen LogP contribution is -2.08. The Bertz CT molecular complexity index is 1090. The summed E-state index contributed by atoms with van der Waals surface area (Å²) in [5.41, 5.74) is 1.20. The molecule has 1 heterocycles. The van der Waals surface area contributed by atoms with Gasteiger partial charge in [-0.15, -0.1) is 0 Å². The standard InChI is InChI=1S/C19H15F2N3O5/c1-27-14-7-3-4-11(16(14)28-18(20)21)8-9-15(25)22-13-6-2-5-12(10-13)17-23-19(26)29-24-17/h2-10,18H,1H3,(H,22,25)(H,23,24,26)/b9-8+. The molecule has 0 atom stereocenters. The quantitative estimate of drug-likeness (QED) is 0.587. The molecule has 3 rings (SSSR count).